The van der Waals surface area contributed by atoms with Gasteiger partial charge in [-0.15, -0.1) is 0 Å². The molecule has 0 atom stereocenters. The highest BCUT2D eigenvalue weighted by Crippen LogP contribution is 2.10. The van der Waals surface area contributed by atoms with Crippen molar-refractivity contribution in [1.29, 1.82) is 0 Å². The number of hydrogen-bond acceptors (Lipinski definition) is 8. The summed E-state index contributed by atoms with van der Waals surface area (Å²) in [6.45, 7) is 19.6. The molecule has 6 N–H and O–H groups in total. The van der Waals surface area contributed by atoms with Gasteiger partial charge in [-0.05, 0) is 89.2 Å². The first-order chi connectivity index (χ1) is 17.9. The van der Waals surface area contributed by atoms with E-state index in [1.165, 1.54) is 36.8 Å². The Morgan fingerprint density at radius 2 is 0.639 bits per heavy atom. The maximum Gasteiger partial charge on any atom is 0.0234 e. The molecule has 0 unspecified atom stereocenters. The van der Waals surface area contributed by atoms with Crippen LogP contribution in [0.2, 0.25) is 0 Å². The van der Waals surface area contributed by atoms with Crippen LogP contribution in [0.3, 0.4) is 0 Å². The minimum Gasteiger partial charge on any atom is -0.317 e. The van der Waals surface area contributed by atoms with Gasteiger partial charge in [0.05, 0.1) is 0 Å². The zero-order valence-electron chi connectivity index (χ0n) is 22.8. The third-order valence-corrected chi connectivity index (χ3v) is 7.08. The largest absolute Gasteiger partial charge is 0.317 e. The molecule has 1 aromatic carbocycles. The first-order valence-electron chi connectivity index (χ1n) is 14.7. The topological polar surface area (TPSA) is 78.7 Å². The van der Waals surface area contributed by atoms with Gasteiger partial charge in [-0.1, -0.05) is 24.3 Å². The number of benzene rings is 1. The summed E-state index contributed by atoms with van der Waals surface area (Å²) >= 11 is 0. The molecule has 36 heavy (non-hydrogen) atoms. The van der Waals surface area contributed by atoms with Crippen molar-refractivity contribution in [3.63, 3.8) is 0 Å². The van der Waals surface area contributed by atoms with Gasteiger partial charge in [0.15, 0.2) is 0 Å². The Labute approximate surface area is 220 Å². The normalized spacial score (nSPS) is 22.9. The molecular weight excluding hydrogens is 448 g/mol. The third-order valence-electron chi connectivity index (χ3n) is 7.08. The van der Waals surface area contributed by atoms with Crippen molar-refractivity contribution in [2.45, 2.75) is 38.8 Å². The SMILES string of the molecule is c1cc(CN2CCNCCCNCCCNCC2)ccc1CN1CCNCCCNCCCNCC1. The number of nitrogens with one attached hydrogen (secondary N) is 6. The summed E-state index contributed by atoms with van der Waals surface area (Å²) in [5.41, 5.74) is 2.84. The van der Waals surface area contributed by atoms with Crippen molar-refractivity contribution >= 4 is 0 Å². The molecule has 0 aromatic heterocycles. The van der Waals surface area contributed by atoms with Crippen molar-refractivity contribution in [3.8, 4) is 0 Å². The molecule has 0 aliphatic carbocycles. The van der Waals surface area contributed by atoms with Crippen molar-refractivity contribution in [3.05, 3.63) is 35.4 Å². The molecule has 206 valence electrons. The van der Waals surface area contributed by atoms with Crippen LogP contribution in [0, 0.1) is 0 Å². The van der Waals surface area contributed by atoms with E-state index in [0.717, 1.165) is 118 Å². The average molecular weight is 503 g/mol. The van der Waals surface area contributed by atoms with E-state index in [1.807, 2.05) is 0 Å². The highest BCUT2D eigenvalue weighted by Gasteiger charge is 2.09. The Bertz CT molecular complexity index is 558. The van der Waals surface area contributed by atoms with E-state index in [2.05, 4.69) is 66.0 Å². The van der Waals surface area contributed by atoms with Gasteiger partial charge in [0, 0.05) is 65.4 Å². The molecule has 2 aliphatic rings. The fourth-order valence-corrected chi connectivity index (χ4v) is 4.86. The second-order valence-corrected chi connectivity index (χ2v) is 10.3. The Hall–Kier alpha value is -1.10. The predicted molar refractivity (Wildman–Crippen MR) is 153 cm³/mol. The Morgan fingerprint density at radius 1 is 0.389 bits per heavy atom. The summed E-state index contributed by atoms with van der Waals surface area (Å²) < 4.78 is 0. The van der Waals surface area contributed by atoms with Gasteiger partial charge in [0.1, 0.15) is 0 Å². The second-order valence-electron chi connectivity index (χ2n) is 10.3. The fraction of sp³-hybridized carbons (Fsp3) is 0.786. The van der Waals surface area contributed by atoms with Gasteiger partial charge in [-0.2, -0.15) is 0 Å². The van der Waals surface area contributed by atoms with Crippen LogP contribution < -0.4 is 31.9 Å². The summed E-state index contributed by atoms with van der Waals surface area (Å²) in [5, 5.41) is 21.5. The van der Waals surface area contributed by atoms with E-state index in [9.17, 15) is 0 Å². The minimum absolute atomic E-state index is 1.03. The first kappa shape index (κ1) is 29.5. The molecule has 0 spiro atoms. The number of rotatable bonds is 4. The summed E-state index contributed by atoms with van der Waals surface area (Å²) in [7, 11) is 0. The van der Waals surface area contributed by atoms with Crippen LogP contribution in [0.15, 0.2) is 24.3 Å². The number of nitrogens with zero attached hydrogens (tertiary/aromatic N) is 2. The maximum atomic E-state index is 3.62. The molecule has 8 heteroatoms. The summed E-state index contributed by atoms with van der Waals surface area (Å²) in [5.74, 6) is 0. The van der Waals surface area contributed by atoms with Crippen LogP contribution in [0.4, 0.5) is 0 Å². The molecule has 0 radical (unpaired) electrons. The summed E-state index contributed by atoms with van der Waals surface area (Å²) in [6.07, 6.45) is 4.82. The molecule has 1 aromatic rings. The molecule has 2 heterocycles. The van der Waals surface area contributed by atoms with E-state index < -0.39 is 0 Å². The Kier molecular flexibility index (Phi) is 16.3. The van der Waals surface area contributed by atoms with Crippen molar-refractivity contribution in [2.24, 2.45) is 0 Å². The lowest BCUT2D eigenvalue weighted by molar-refractivity contribution is 0.261. The quantitative estimate of drug-likeness (QED) is 0.354. The van der Waals surface area contributed by atoms with Crippen molar-refractivity contribution in [1.82, 2.24) is 41.7 Å². The molecule has 2 fully saturated rings. The van der Waals surface area contributed by atoms with E-state index >= 15 is 0 Å². The Balaban J connectivity index is 1.45. The smallest absolute Gasteiger partial charge is 0.0234 e. The van der Waals surface area contributed by atoms with Crippen LogP contribution in [0.25, 0.3) is 0 Å². The molecule has 0 amide bonds. The van der Waals surface area contributed by atoms with Crippen LogP contribution >= 0.6 is 0 Å². The van der Waals surface area contributed by atoms with Gasteiger partial charge >= 0.3 is 0 Å². The van der Waals surface area contributed by atoms with Gasteiger partial charge in [0.2, 0.25) is 0 Å². The molecule has 8 nitrogen and oxygen atoms in total. The van der Waals surface area contributed by atoms with Gasteiger partial charge in [-0.3, -0.25) is 9.80 Å². The Morgan fingerprint density at radius 3 is 0.917 bits per heavy atom. The monoisotopic (exact) mass is 502 g/mol. The van der Waals surface area contributed by atoms with E-state index in [-0.39, 0.29) is 0 Å². The zero-order valence-corrected chi connectivity index (χ0v) is 22.8. The standard InChI is InChI=1S/C28H54N8/c1-9-29-10-2-14-32-18-22-35(21-17-31-13-1)25-27-5-7-28(8-6-27)26-36-23-19-33-15-3-11-30-12-4-16-34-20-24-36/h5-8,29-34H,1-4,9-26H2. The van der Waals surface area contributed by atoms with Gasteiger partial charge in [0.25, 0.3) is 0 Å². The minimum atomic E-state index is 1.03. The molecule has 0 saturated carbocycles. The van der Waals surface area contributed by atoms with Crippen LogP contribution in [0.5, 0.6) is 0 Å². The van der Waals surface area contributed by atoms with E-state index in [0.29, 0.717) is 0 Å². The van der Waals surface area contributed by atoms with E-state index in [1.54, 1.807) is 0 Å². The molecule has 3 rings (SSSR count). The van der Waals surface area contributed by atoms with Crippen molar-refractivity contribution in [2.75, 3.05) is 105 Å². The van der Waals surface area contributed by atoms with Gasteiger partial charge < -0.3 is 31.9 Å². The lowest BCUT2D eigenvalue weighted by Gasteiger charge is -2.25. The molecule has 0 bridgehead atoms. The molecule has 2 aliphatic heterocycles. The van der Waals surface area contributed by atoms with Crippen molar-refractivity contribution < 1.29 is 0 Å². The maximum absolute atomic E-state index is 3.62. The number of hydrogen-bond donors (Lipinski definition) is 6. The summed E-state index contributed by atoms with van der Waals surface area (Å²) in [4.78, 5) is 5.18. The highest BCUT2D eigenvalue weighted by atomic mass is 15.2. The fourth-order valence-electron chi connectivity index (χ4n) is 4.86. The lowest BCUT2D eigenvalue weighted by atomic mass is 10.1. The van der Waals surface area contributed by atoms with Gasteiger partial charge in [-0.25, -0.2) is 0 Å². The highest BCUT2D eigenvalue weighted by molar-refractivity contribution is 5.22. The van der Waals surface area contributed by atoms with E-state index in [4.69, 9.17) is 0 Å². The second kappa shape index (κ2) is 19.9. The molecular formula is C28H54N8. The summed E-state index contributed by atoms with van der Waals surface area (Å²) in [6, 6.07) is 9.39. The zero-order chi connectivity index (χ0) is 24.9. The third kappa shape index (κ3) is 14.0. The van der Waals surface area contributed by atoms with Crippen LogP contribution in [-0.4, -0.2) is 115 Å². The average Bonchev–Trinajstić information content (AvgIpc) is 2.89. The first-order valence-corrected chi connectivity index (χ1v) is 14.7. The van der Waals surface area contributed by atoms with Crippen LogP contribution in [0.1, 0.15) is 36.8 Å². The predicted octanol–water partition coefficient (Wildman–Crippen LogP) is 0.416. The lowest BCUT2D eigenvalue weighted by Crippen LogP contribution is -2.38. The molecule has 2 saturated heterocycles. The van der Waals surface area contributed by atoms with Crippen LogP contribution in [-0.2, 0) is 13.1 Å².